The average molecular weight is 306 g/mol. The van der Waals surface area contributed by atoms with Crippen LogP contribution in [0.1, 0.15) is 25.3 Å². The molecule has 0 N–H and O–H groups in total. The van der Waals surface area contributed by atoms with Gasteiger partial charge in [0.05, 0.1) is 5.69 Å². The molecule has 1 aromatic carbocycles. The lowest BCUT2D eigenvalue weighted by Gasteiger charge is -2.07. The van der Waals surface area contributed by atoms with Gasteiger partial charge in [-0.2, -0.15) is 9.37 Å². The summed E-state index contributed by atoms with van der Waals surface area (Å²) in [7, 11) is 0. The van der Waals surface area contributed by atoms with Crippen LogP contribution in [0.25, 0.3) is 33.3 Å². The molecule has 23 heavy (non-hydrogen) atoms. The predicted molar refractivity (Wildman–Crippen MR) is 88.8 cm³/mol. The van der Waals surface area contributed by atoms with Crippen molar-refractivity contribution in [1.82, 2.24) is 9.97 Å². The van der Waals surface area contributed by atoms with E-state index in [1.165, 1.54) is 11.6 Å². The summed E-state index contributed by atoms with van der Waals surface area (Å²) in [4.78, 5) is 8.32. The first-order valence-corrected chi connectivity index (χ1v) is 7.57. The van der Waals surface area contributed by atoms with E-state index < -0.39 is 5.95 Å². The van der Waals surface area contributed by atoms with E-state index in [1.54, 1.807) is 6.07 Å². The fourth-order valence-electron chi connectivity index (χ4n) is 2.81. The lowest BCUT2D eigenvalue weighted by Crippen LogP contribution is -1.90. The molecule has 0 radical (unpaired) electrons. The Labute approximate surface area is 132 Å². The highest BCUT2D eigenvalue weighted by Gasteiger charge is 2.14. The molecule has 4 aromatic rings. The van der Waals surface area contributed by atoms with Crippen LogP contribution >= 0.6 is 0 Å². The van der Waals surface area contributed by atoms with Crippen molar-refractivity contribution in [2.75, 3.05) is 0 Å². The van der Waals surface area contributed by atoms with Crippen molar-refractivity contribution in [3.63, 3.8) is 0 Å². The maximum atomic E-state index is 13.3. The molecule has 114 valence electrons. The van der Waals surface area contributed by atoms with Gasteiger partial charge in [-0.25, -0.2) is 0 Å². The molecule has 0 amide bonds. The molecule has 0 unspecified atom stereocenters. The average Bonchev–Trinajstić information content (AvgIpc) is 2.92. The van der Waals surface area contributed by atoms with Gasteiger partial charge in [0, 0.05) is 22.5 Å². The number of fused-ring (bicyclic) bond motifs is 3. The molecule has 0 aliphatic carbocycles. The third kappa shape index (κ3) is 2.27. The van der Waals surface area contributed by atoms with Crippen molar-refractivity contribution in [2.24, 2.45) is 0 Å². The zero-order chi connectivity index (χ0) is 16.0. The zero-order valence-corrected chi connectivity index (χ0v) is 12.9. The topological polar surface area (TPSA) is 38.9 Å². The summed E-state index contributed by atoms with van der Waals surface area (Å²) < 4.78 is 19.2. The van der Waals surface area contributed by atoms with E-state index in [-0.39, 0.29) is 0 Å². The van der Waals surface area contributed by atoms with Crippen molar-refractivity contribution in [3.8, 4) is 11.3 Å². The van der Waals surface area contributed by atoms with Crippen molar-refractivity contribution < 1.29 is 8.81 Å². The predicted octanol–water partition coefficient (Wildman–Crippen LogP) is 5.31. The van der Waals surface area contributed by atoms with Crippen LogP contribution < -0.4 is 0 Å². The number of rotatable bonds is 2. The lowest BCUT2D eigenvalue weighted by atomic mass is 10.0. The van der Waals surface area contributed by atoms with E-state index in [2.05, 4.69) is 29.9 Å². The first-order valence-electron chi connectivity index (χ1n) is 7.57. The number of furan rings is 1. The first-order chi connectivity index (χ1) is 11.1. The van der Waals surface area contributed by atoms with E-state index >= 15 is 0 Å². The Bertz CT molecular complexity index is 1020. The van der Waals surface area contributed by atoms with E-state index in [0.29, 0.717) is 17.2 Å². The second-order valence-electron chi connectivity index (χ2n) is 5.90. The lowest BCUT2D eigenvalue weighted by molar-refractivity contribution is 0.569. The number of aromatic nitrogens is 2. The second kappa shape index (κ2) is 5.16. The quantitative estimate of drug-likeness (QED) is 0.471. The molecule has 0 aliphatic rings. The van der Waals surface area contributed by atoms with Crippen LogP contribution in [0.15, 0.2) is 53.1 Å². The Balaban J connectivity index is 2.00. The molecule has 3 heterocycles. The van der Waals surface area contributed by atoms with Gasteiger partial charge in [0.1, 0.15) is 5.58 Å². The molecule has 0 fully saturated rings. The van der Waals surface area contributed by atoms with Crippen LogP contribution in [-0.4, -0.2) is 9.97 Å². The molecule has 0 atom stereocenters. The van der Waals surface area contributed by atoms with Crippen molar-refractivity contribution >= 4 is 22.1 Å². The SMILES string of the molecule is CC(C)c1ccnc(-c2cccc3c2oc2nc(F)ccc23)c1. The Kier molecular flexibility index (Phi) is 3.11. The monoisotopic (exact) mass is 306 g/mol. The molecule has 0 saturated carbocycles. The molecule has 0 spiro atoms. The summed E-state index contributed by atoms with van der Waals surface area (Å²) in [5.74, 6) is -0.125. The van der Waals surface area contributed by atoms with Gasteiger partial charge in [0.2, 0.25) is 11.7 Å². The van der Waals surface area contributed by atoms with Crippen LogP contribution in [-0.2, 0) is 0 Å². The maximum Gasteiger partial charge on any atom is 0.229 e. The molecule has 0 aliphatic heterocycles. The summed E-state index contributed by atoms with van der Waals surface area (Å²) in [5.41, 5.74) is 3.96. The fourth-order valence-corrected chi connectivity index (χ4v) is 2.81. The van der Waals surface area contributed by atoms with Crippen LogP contribution in [0.3, 0.4) is 0 Å². The molecule has 0 bridgehead atoms. The number of pyridine rings is 2. The molecule has 4 rings (SSSR count). The smallest absolute Gasteiger partial charge is 0.229 e. The molecule has 3 nitrogen and oxygen atoms in total. The van der Waals surface area contributed by atoms with Gasteiger partial charge in [0.25, 0.3) is 0 Å². The summed E-state index contributed by atoms with van der Waals surface area (Å²) >= 11 is 0. The Morgan fingerprint density at radius 1 is 1.04 bits per heavy atom. The van der Waals surface area contributed by atoms with Crippen LogP contribution in [0.5, 0.6) is 0 Å². The van der Waals surface area contributed by atoms with Gasteiger partial charge in [-0.15, -0.1) is 0 Å². The number of halogens is 1. The van der Waals surface area contributed by atoms with Gasteiger partial charge in [-0.1, -0.05) is 26.0 Å². The zero-order valence-electron chi connectivity index (χ0n) is 12.9. The minimum Gasteiger partial charge on any atom is -0.437 e. The number of hydrogen-bond donors (Lipinski definition) is 0. The number of hydrogen-bond acceptors (Lipinski definition) is 3. The van der Waals surface area contributed by atoms with Crippen molar-refractivity contribution in [2.45, 2.75) is 19.8 Å². The van der Waals surface area contributed by atoms with Crippen LogP contribution in [0.4, 0.5) is 4.39 Å². The minimum absolute atomic E-state index is 0.312. The van der Waals surface area contributed by atoms with Gasteiger partial charge in [-0.3, -0.25) is 4.98 Å². The van der Waals surface area contributed by atoms with Crippen LogP contribution in [0.2, 0.25) is 0 Å². The standard InChI is InChI=1S/C19H15FN2O/c1-11(2)12-8-9-21-16(10-12)15-5-3-4-13-14-6-7-17(20)22-19(14)23-18(13)15/h3-11H,1-2H3. The Morgan fingerprint density at radius 3 is 2.74 bits per heavy atom. The van der Waals surface area contributed by atoms with Crippen molar-refractivity contribution in [1.29, 1.82) is 0 Å². The third-order valence-electron chi connectivity index (χ3n) is 4.06. The van der Waals surface area contributed by atoms with Gasteiger partial charge < -0.3 is 4.42 Å². The number of nitrogens with zero attached hydrogens (tertiary/aromatic N) is 2. The van der Waals surface area contributed by atoms with E-state index in [0.717, 1.165) is 22.0 Å². The largest absolute Gasteiger partial charge is 0.437 e. The van der Waals surface area contributed by atoms with Gasteiger partial charge in [-0.05, 0) is 41.8 Å². The molecule has 4 heteroatoms. The Morgan fingerprint density at radius 2 is 1.91 bits per heavy atom. The summed E-state index contributed by atoms with van der Waals surface area (Å²) in [5, 5.41) is 1.73. The maximum absolute atomic E-state index is 13.3. The first kappa shape index (κ1) is 13.9. The summed E-state index contributed by atoms with van der Waals surface area (Å²) in [6.45, 7) is 4.29. The highest BCUT2D eigenvalue weighted by Crippen LogP contribution is 2.34. The van der Waals surface area contributed by atoms with E-state index in [1.807, 2.05) is 30.5 Å². The minimum atomic E-state index is -0.543. The highest BCUT2D eigenvalue weighted by atomic mass is 19.1. The third-order valence-corrected chi connectivity index (χ3v) is 4.06. The van der Waals surface area contributed by atoms with E-state index in [9.17, 15) is 4.39 Å². The van der Waals surface area contributed by atoms with Gasteiger partial charge in [0.15, 0.2) is 0 Å². The van der Waals surface area contributed by atoms with Crippen molar-refractivity contribution in [3.05, 3.63) is 60.2 Å². The number of para-hydroxylation sites is 1. The molecule has 0 saturated heterocycles. The molecule has 3 aromatic heterocycles. The summed E-state index contributed by atoms with van der Waals surface area (Å²) in [6, 6.07) is 13.0. The fraction of sp³-hybridized carbons (Fsp3) is 0.158. The van der Waals surface area contributed by atoms with E-state index in [4.69, 9.17) is 4.42 Å². The highest BCUT2D eigenvalue weighted by molar-refractivity contribution is 6.08. The van der Waals surface area contributed by atoms with Crippen LogP contribution in [0, 0.1) is 5.95 Å². The molecular weight excluding hydrogens is 291 g/mol. The second-order valence-corrected chi connectivity index (χ2v) is 5.90. The summed E-state index contributed by atoms with van der Waals surface area (Å²) in [6.07, 6.45) is 1.81. The Hall–Kier alpha value is -2.75. The molecular formula is C19H15FN2O. The normalized spacial score (nSPS) is 11.7. The van der Waals surface area contributed by atoms with Gasteiger partial charge >= 0.3 is 0 Å². The number of benzene rings is 1.